The standard InChI is InChI=1S/C23H21NO4/c1-2-27-20-13-11-19(12-14-20)24-22(25)16-28-23(26)15-10-18-8-5-7-17-6-3-4-9-21(17)18/h3-15H,2,16H2,1H3,(H,24,25)/b15-10+. The molecule has 3 aromatic rings. The van der Waals surface area contributed by atoms with Crippen molar-refractivity contribution < 1.29 is 19.1 Å². The fourth-order valence-corrected chi connectivity index (χ4v) is 2.74. The molecule has 0 radical (unpaired) electrons. The lowest BCUT2D eigenvalue weighted by Crippen LogP contribution is -2.20. The Labute approximate surface area is 163 Å². The van der Waals surface area contributed by atoms with Crippen LogP contribution in [0.25, 0.3) is 16.8 Å². The summed E-state index contributed by atoms with van der Waals surface area (Å²) >= 11 is 0. The highest BCUT2D eigenvalue weighted by Gasteiger charge is 2.06. The molecule has 5 nitrogen and oxygen atoms in total. The monoisotopic (exact) mass is 375 g/mol. The molecule has 0 aromatic heterocycles. The number of hydrogen-bond donors (Lipinski definition) is 1. The molecular weight excluding hydrogens is 354 g/mol. The van der Waals surface area contributed by atoms with E-state index in [4.69, 9.17) is 9.47 Å². The van der Waals surface area contributed by atoms with E-state index in [0.717, 1.165) is 22.1 Å². The number of esters is 1. The molecule has 0 spiro atoms. The van der Waals surface area contributed by atoms with Crippen molar-refractivity contribution in [3.8, 4) is 5.75 Å². The van der Waals surface area contributed by atoms with Gasteiger partial charge in [0, 0.05) is 11.8 Å². The third-order valence-corrected chi connectivity index (χ3v) is 4.02. The number of rotatable bonds is 7. The molecule has 0 bridgehead atoms. The Balaban J connectivity index is 1.52. The zero-order chi connectivity index (χ0) is 19.8. The highest BCUT2D eigenvalue weighted by molar-refractivity contribution is 5.97. The van der Waals surface area contributed by atoms with Gasteiger partial charge in [-0.2, -0.15) is 0 Å². The number of ether oxygens (including phenoxy) is 2. The fourth-order valence-electron chi connectivity index (χ4n) is 2.74. The van der Waals surface area contributed by atoms with Gasteiger partial charge in [0.05, 0.1) is 6.61 Å². The minimum absolute atomic E-state index is 0.355. The average Bonchev–Trinajstić information content (AvgIpc) is 2.72. The van der Waals surface area contributed by atoms with E-state index in [1.54, 1.807) is 30.3 Å². The first-order valence-corrected chi connectivity index (χ1v) is 9.01. The van der Waals surface area contributed by atoms with E-state index in [9.17, 15) is 9.59 Å². The molecule has 1 N–H and O–H groups in total. The number of anilines is 1. The average molecular weight is 375 g/mol. The van der Waals surface area contributed by atoms with Gasteiger partial charge in [-0.05, 0) is 53.6 Å². The molecule has 0 unspecified atom stereocenters. The number of carbonyl (C=O) groups excluding carboxylic acids is 2. The number of carbonyl (C=O) groups is 2. The van der Waals surface area contributed by atoms with Gasteiger partial charge in [0.25, 0.3) is 5.91 Å². The van der Waals surface area contributed by atoms with Gasteiger partial charge >= 0.3 is 5.97 Å². The Hall–Kier alpha value is -3.60. The Morgan fingerprint density at radius 2 is 1.71 bits per heavy atom. The van der Waals surface area contributed by atoms with Crippen LogP contribution in [0.4, 0.5) is 5.69 Å². The third-order valence-electron chi connectivity index (χ3n) is 4.02. The number of amides is 1. The summed E-state index contributed by atoms with van der Waals surface area (Å²) in [6, 6.07) is 20.8. The van der Waals surface area contributed by atoms with E-state index < -0.39 is 11.9 Å². The summed E-state index contributed by atoms with van der Waals surface area (Å²) < 4.78 is 10.4. The molecule has 5 heteroatoms. The Morgan fingerprint density at radius 1 is 0.964 bits per heavy atom. The molecule has 28 heavy (non-hydrogen) atoms. The lowest BCUT2D eigenvalue weighted by atomic mass is 10.0. The third kappa shape index (κ3) is 5.20. The predicted octanol–water partition coefficient (Wildman–Crippen LogP) is 4.43. The smallest absolute Gasteiger partial charge is 0.331 e. The second-order valence-electron chi connectivity index (χ2n) is 6.01. The first-order chi connectivity index (χ1) is 13.7. The van der Waals surface area contributed by atoms with Crippen molar-refractivity contribution in [2.45, 2.75) is 6.92 Å². The molecule has 0 saturated heterocycles. The van der Waals surface area contributed by atoms with Gasteiger partial charge < -0.3 is 14.8 Å². The van der Waals surface area contributed by atoms with Gasteiger partial charge in [0.15, 0.2) is 6.61 Å². The fraction of sp³-hybridized carbons (Fsp3) is 0.130. The van der Waals surface area contributed by atoms with Crippen molar-refractivity contribution in [2.24, 2.45) is 0 Å². The molecule has 0 aliphatic carbocycles. The van der Waals surface area contributed by atoms with E-state index in [2.05, 4.69) is 5.32 Å². The SMILES string of the molecule is CCOc1ccc(NC(=O)COC(=O)/C=C/c2cccc3ccccc23)cc1. The van der Waals surface area contributed by atoms with Crippen molar-refractivity contribution in [1.29, 1.82) is 0 Å². The van der Waals surface area contributed by atoms with Crippen molar-refractivity contribution >= 4 is 34.4 Å². The summed E-state index contributed by atoms with van der Waals surface area (Å²) in [6.45, 7) is 2.12. The maximum Gasteiger partial charge on any atom is 0.331 e. The summed E-state index contributed by atoms with van der Waals surface area (Å²) in [5.41, 5.74) is 1.52. The maximum absolute atomic E-state index is 11.9. The number of hydrogen-bond acceptors (Lipinski definition) is 4. The van der Waals surface area contributed by atoms with Gasteiger partial charge in [0.2, 0.25) is 0 Å². The summed E-state index contributed by atoms with van der Waals surface area (Å²) in [7, 11) is 0. The lowest BCUT2D eigenvalue weighted by Gasteiger charge is -2.07. The summed E-state index contributed by atoms with van der Waals surface area (Å²) in [5, 5.41) is 4.80. The Bertz CT molecular complexity index is 988. The number of nitrogens with one attached hydrogen (secondary N) is 1. The van der Waals surface area contributed by atoms with E-state index in [-0.39, 0.29) is 6.61 Å². The second kappa shape index (κ2) is 9.37. The van der Waals surface area contributed by atoms with E-state index >= 15 is 0 Å². The van der Waals surface area contributed by atoms with E-state index in [1.807, 2.05) is 49.4 Å². The minimum Gasteiger partial charge on any atom is -0.494 e. The van der Waals surface area contributed by atoms with Crippen LogP contribution >= 0.6 is 0 Å². The first-order valence-electron chi connectivity index (χ1n) is 9.01. The molecule has 1 amide bonds. The van der Waals surface area contributed by atoms with Crippen molar-refractivity contribution in [2.75, 3.05) is 18.5 Å². The second-order valence-corrected chi connectivity index (χ2v) is 6.01. The van der Waals surface area contributed by atoms with Gasteiger partial charge in [-0.1, -0.05) is 42.5 Å². The number of benzene rings is 3. The van der Waals surface area contributed by atoms with Gasteiger partial charge in [-0.25, -0.2) is 4.79 Å². The number of fused-ring (bicyclic) bond motifs is 1. The molecule has 3 rings (SSSR count). The van der Waals surface area contributed by atoms with Crippen LogP contribution in [0.2, 0.25) is 0 Å². The van der Waals surface area contributed by atoms with Crippen LogP contribution in [0.3, 0.4) is 0 Å². The van der Waals surface area contributed by atoms with E-state index in [1.165, 1.54) is 6.08 Å². The van der Waals surface area contributed by atoms with Crippen molar-refractivity contribution in [3.05, 3.63) is 78.4 Å². The van der Waals surface area contributed by atoms with Crippen LogP contribution < -0.4 is 10.1 Å². The molecular formula is C23H21NO4. The largest absolute Gasteiger partial charge is 0.494 e. The predicted molar refractivity (Wildman–Crippen MR) is 110 cm³/mol. The molecule has 142 valence electrons. The summed E-state index contributed by atoms with van der Waals surface area (Å²) in [6.07, 6.45) is 3.01. The van der Waals surface area contributed by atoms with Crippen LogP contribution in [-0.2, 0) is 14.3 Å². The first kappa shape index (κ1) is 19.2. The summed E-state index contributed by atoms with van der Waals surface area (Å²) in [5.74, 6) is -0.253. The molecule has 3 aromatic carbocycles. The molecule has 0 aliphatic heterocycles. The van der Waals surface area contributed by atoms with Crippen LogP contribution in [-0.4, -0.2) is 25.1 Å². The minimum atomic E-state index is -0.574. The normalized spacial score (nSPS) is 10.8. The zero-order valence-corrected chi connectivity index (χ0v) is 15.6. The zero-order valence-electron chi connectivity index (χ0n) is 15.6. The van der Waals surface area contributed by atoms with E-state index in [0.29, 0.717) is 12.3 Å². The topological polar surface area (TPSA) is 64.6 Å². The maximum atomic E-state index is 11.9. The van der Waals surface area contributed by atoms with Crippen molar-refractivity contribution in [3.63, 3.8) is 0 Å². The lowest BCUT2D eigenvalue weighted by molar-refractivity contribution is -0.142. The molecule has 0 aliphatic rings. The van der Waals surface area contributed by atoms with Gasteiger partial charge in [0.1, 0.15) is 5.75 Å². The molecule has 0 heterocycles. The highest BCUT2D eigenvalue weighted by Crippen LogP contribution is 2.19. The van der Waals surface area contributed by atoms with Crippen LogP contribution in [0.5, 0.6) is 5.75 Å². The summed E-state index contributed by atoms with van der Waals surface area (Å²) in [4.78, 5) is 23.9. The Kier molecular flexibility index (Phi) is 6.41. The Morgan fingerprint density at radius 3 is 2.50 bits per heavy atom. The van der Waals surface area contributed by atoms with Gasteiger partial charge in [-0.3, -0.25) is 4.79 Å². The molecule has 0 atom stereocenters. The quantitative estimate of drug-likeness (QED) is 0.490. The molecule has 0 saturated carbocycles. The molecule has 0 fully saturated rings. The van der Waals surface area contributed by atoms with Gasteiger partial charge in [-0.15, -0.1) is 0 Å². The van der Waals surface area contributed by atoms with Crippen LogP contribution in [0.1, 0.15) is 12.5 Å². The van der Waals surface area contributed by atoms with Crippen molar-refractivity contribution in [1.82, 2.24) is 0 Å². The van der Waals surface area contributed by atoms with Crippen LogP contribution in [0.15, 0.2) is 72.8 Å². The highest BCUT2D eigenvalue weighted by atomic mass is 16.5. The van der Waals surface area contributed by atoms with Crippen LogP contribution in [0, 0.1) is 0 Å².